The van der Waals surface area contributed by atoms with Gasteiger partial charge in [-0.05, 0) is 23.3 Å². The van der Waals surface area contributed by atoms with Crippen LogP contribution in [-0.4, -0.2) is 15.6 Å². The Morgan fingerprint density at radius 1 is 0.900 bits per heavy atom. The summed E-state index contributed by atoms with van der Waals surface area (Å²) in [7, 11) is 0. The van der Waals surface area contributed by atoms with E-state index in [0.29, 0.717) is 12.1 Å². The molecule has 0 saturated heterocycles. The Bertz CT molecular complexity index is 1100. The van der Waals surface area contributed by atoms with E-state index in [2.05, 4.69) is 10.5 Å². The van der Waals surface area contributed by atoms with Crippen LogP contribution in [0.25, 0.3) is 6.08 Å². The summed E-state index contributed by atoms with van der Waals surface area (Å²) < 4.78 is 0. The third-order valence-electron chi connectivity index (χ3n) is 4.20. The highest BCUT2D eigenvalue weighted by Gasteiger charge is 2.19. The first kappa shape index (κ1) is 20.4. The predicted molar refractivity (Wildman–Crippen MR) is 116 cm³/mol. The van der Waals surface area contributed by atoms with Crippen molar-refractivity contribution in [2.45, 2.75) is 6.42 Å². The summed E-state index contributed by atoms with van der Waals surface area (Å²) in [5.41, 5.74) is 4.63. The summed E-state index contributed by atoms with van der Waals surface area (Å²) >= 11 is 0. The second kappa shape index (κ2) is 9.74. The van der Waals surface area contributed by atoms with Gasteiger partial charge in [0, 0.05) is 12.5 Å². The molecule has 0 heterocycles. The quantitative estimate of drug-likeness (QED) is 0.315. The molecule has 0 bridgehead atoms. The number of benzene rings is 3. The predicted octanol–water partition coefficient (Wildman–Crippen LogP) is 5.23. The summed E-state index contributed by atoms with van der Waals surface area (Å²) in [6.07, 6.45) is 4.22. The van der Waals surface area contributed by atoms with Crippen molar-refractivity contribution >= 4 is 28.8 Å². The Hall–Kier alpha value is -4.33. The zero-order valence-corrected chi connectivity index (χ0v) is 15.8. The fourth-order valence-corrected chi connectivity index (χ4v) is 2.71. The molecule has 150 valence electrons. The van der Waals surface area contributed by atoms with E-state index in [4.69, 9.17) is 0 Å². The van der Waals surface area contributed by atoms with Gasteiger partial charge < -0.3 is 0 Å². The highest BCUT2D eigenvalue weighted by atomic mass is 16.6. The highest BCUT2D eigenvalue weighted by Crippen LogP contribution is 2.29. The van der Waals surface area contributed by atoms with E-state index in [9.17, 15) is 20.2 Å². The van der Waals surface area contributed by atoms with Gasteiger partial charge in [0.25, 0.3) is 5.69 Å². The largest absolute Gasteiger partial charge is 0.301 e. The number of rotatable bonds is 8. The van der Waals surface area contributed by atoms with Crippen molar-refractivity contribution in [2.24, 2.45) is 5.10 Å². The van der Waals surface area contributed by atoms with Gasteiger partial charge in [-0.3, -0.25) is 25.7 Å². The van der Waals surface area contributed by atoms with E-state index in [1.807, 2.05) is 72.8 Å². The van der Waals surface area contributed by atoms with Crippen molar-refractivity contribution in [3.63, 3.8) is 0 Å². The number of hydrogen-bond acceptors (Lipinski definition) is 6. The van der Waals surface area contributed by atoms with Crippen LogP contribution in [0.3, 0.4) is 0 Å². The minimum atomic E-state index is -0.679. The third-order valence-corrected chi connectivity index (χ3v) is 4.20. The number of nitrogens with zero attached hydrogens (tertiary/aromatic N) is 3. The molecule has 3 aromatic rings. The van der Waals surface area contributed by atoms with Crippen LogP contribution in [0, 0.1) is 20.2 Å². The number of hydrazone groups is 1. The molecule has 0 unspecified atom stereocenters. The summed E-state index contributed by atoms with van der Waals surface area (Å²) in [5, 5.41) is 26.6. The minimum absolute atomic E-state index is 0.0734. The van der Waals surface area contributed by atoms with Gasteiger partial charge in [-0.15, -0.1) is 0 Å². The first-order valence-electron chi connectivity index (χ1n) is 9.05. The molecule has 0 atom stereocenters. The lowest BCUT2D eigenvalue weighted by atomic mass is 10.1. The first-order chi connectivity index (χ1) is 14.5. The van der Waals surface area contributed by atoms with E-state index >= 15 is 0 Å². The fraction of sp³-hybridized carbons (Fsp3) is 0.0455. The molecule has 0 amide bonds. The lowest BCUT2D eigenvalue weighted by molar-refractivity contribution is -0.393. The Balaban J connectivity index is 1.90. The SMILES string of the molecule is O=[N+]([O-])c1ccc(N/N=C(/C=C/c2ccccc2)Cc2ccccc2)c([N+](=O)[O-])c1. The van der Waals surface area contributed by atoms with Gasteiger partial charge in [0.05, 0.1) is 21.6 Å². The maximum Gasteiger partial charge on any atom is 0.301 e. The van der Waals surface area contributed by atoms with E-state index < -0.39 is 15.5 Å². The molecule has 0 aliphatic heterocycles. The van der Waals surface area contributed by atoms with Crippen LogP contribution in [0.5, 0.6) is 0 Å². The number of non-ortho nitro benzene ring substituents is 1. The first-order valence-corrected chi connectivity index (χ1v) is 9.05. The van der Waals surface area contributed by atoms with Gasteiger partial charge in [0.2, 0.25) is 0 Å². The van der Waals surface area contributed by atoms with Crippen molar-refractivity contribution < 1.29 is 9.85 Å². The normalized spacial score (nSPS) is 11.4. The van der Waals surface area contributed by atoms with Crippen molar-refractivity contribution in [1.29, 1.82) is 0 Å². The van der Waals surface area contributed by atoms with Crippen LogP contribution >= 0.6 is 0 Å². The van der Waals surface area contributed by atoms with Gasteiger partial charge >= 0.3 is 5.69 Å². The van der Waals surface area contributed by atoms with E-state index in [0.717, 1.165) is 17.2 Å². The molecular weight excluding hydrogens is 384 g/mol. The number of nitro benzene ring substituents is 2. The van der Waals surface area contributed by atoms with E-state index in [1.54, 1.807) is 0 Å². The molecule has 0 saturated carbocycles. The van der Waals surface area contributed by atoms with Gasteiger partial charge in [-0.25, -0.2) is 0 Å². The Labute approximate surface area is 172 Å². The number of anilines is 1. The standard InChI is InChI=1S/C22H18N4O4/c27-25(28)20-13-14-21(22(16-20)26(29)30)24-23-19(15-18-9-5-2-6-10-18)12-11-17-7-3-1-4-8-17/h1-14,16,24H,15H2/b12-11+,23-19-. The average Bonchev–Trinajstić information content (AvgIpc) is 2.76. The topological polar surface area (TPSA) is 111 Å². The van der Waals surface area contributed by atoms with Crippen LogP contribution in [0.4, 0.5) is 17.1 Å². The number of allylic oxidation sites excluding steroid dienone is 1. The van der Waals surface area contributed by atoms with E-state index in [1.165, 1.54) is 12.1 Å². The van der Waals surface area contributed by atoms with Crippen molar-refractivity contribution in [2.75, 3.05) is 5.43 Å². The summed E-state index contributed by atoms with van der Waals surface area (Å²) in [4.78, 5) is 20.9. The molecule has 30 heavy (non-hydrogen) atoms. The summed E-state index contributed by atoms with van der Waals surface area (Å²) in [6.45, 7) is 0. The van der Waals surface area contributed by atoms with Crippen LogP contribution < -0.4 is 5.43 Å². The third kappa shape index (κ3) is 5.59. The van der Waals surface area contributed by atoms with Crippen molar-refractivity contribution in [3.05, 3.63) is 116 Å². The van der Waals surface area contributed by atoms with Crippen LogP contribution in [0.1, 0.15) is 11.1 Å². The molecule has 3 rings (SSSR count). The van der Waals surface area contributed by atoms with Crippen LogP contribution in [0.2, 0.25) is 0 Å². The number of nitro groups is 2. The van der Waals surface area contributed by atoms with E-state index in [-0.39, 0.29) is 11.4 Å². The number of nitrogens with one attached hydrogen (secondary N) is 1. The second-order valence-electron chi connectivity index (χ2n) is 6.34. The zero-order valence-electron chi connectivity index (χ0n) is 15.8. The number of hydrogen-bond donors (Lipinski definition) is 1. The fourth-order valence-electron chi connectivity index (χ4n) is 2.71. The smallest absolute Gasteiger partial charge is 0.271 e. The molecule has 1 N–H and O–H groups in total. The Morgan fingerprint density at radius 3 is 2.20 bits per heavy atom. The monoisotopic (exact) mass is 402 g/mol. The zero-order chi connectivity index (χ0) is 21.3. The maximum atomic E-state index is 11.3. The molecule has 0 aliphatic carbocycles. The highest BCUT2D eigenvalue weighted by molar-refractivity contribution is 6.00. The van der Waals surface area contributed by atoms with Gasteiger partial charge in [-0.1, -0.05) is 66.7 Å². The van der Waals surface area contributed by atoms with Crippen molar-refractivity contribution in [3.8, 4) is 0 Å². The maximum absolute atomic E-state index is 11.3. The minimum Gasteiger partial charge on any atom is -0.271 e. The molecule has 0 spiro atoms. The van der Waals surface area contributed by atoms with Crippen molar-refractivity contribution in [1.82, 2.24) is 0 Å². The molecule has 0 aromatic heterocycles. The van der Waals surface area contributed by atoms with Crippen LogP contribution in [-0.2, 0) is 6.42 Å². The van der Waals surface area contributed by atoms with Crippen LogP contribution in [0.15, 0.2) is 90.0 Å². The molecule has 3 aromatic carbocycles. The molecule has 0 fully saturated rings. The van der Waals surface area contributed by atoms with Gasteiger partial charge in [0.1, 0.15) is 5.69 Å². The van der Waals surface area contributed by atoms with Gasteiger partial charge in [-0.2, -0.15) is 5.10 Å². The average molecular weight is 402 g/mol. The molecule has 8 heteroatoms. The van der Waals surface area contributed by atoms with Gasteiger partial charge in [0.15, 0.2) is 0 Å². The molecular formula is C22H18N4O4. The lowest BCUT2D eigenvalue weighted by Crippen LogP contribution is -2.05. The second-order valence-corrected chi connectivity index (χ2v) is 6.34. The Kier molecular flexibility index (Phi) is 6.63. The molecule has 0 radical (unpaired) electrons. The molecule has 0 aliphatic rings. The Morgan fingerprint density at radius 2 is 1.57 bits per heavy atom. The summed E-state index contributed by atoms with van der Waals surface area (Å²) in [5.74, 6) is 0. The molecule has 8 nitrogen and oxygen atoms in total. The lowest BCUT2D eigenvalue weighted by Gasteiger charge is -2.06. The summed E-state index contributed by atoms with van der Waals surface area (Å²) in [6, 6.07) is 22.7.